The zero-order valence-corrected chi connectivity index (χ0v) is 9.47. The lowest BCUT2D eigenvalue weighted by Crippen LogP contribution is -1.94. The van der Waals surface area contributed by atoms with Crippen molar-refractivity contribution in [3.63, 3.8) is 0 Å². The maximum atomic E-state index is 9.54. The second-order valence-electron chi connectivity index (χ2n) is 3.67. The minimum Gasteiger partial charge on any atom is -0.389 e. The summed E-state index contributed by atoms with van der Waals surface area (Å²) in [5.74, 6) is 0. The van der Waals surface area contributed by atoms with Crippen molar-refractivity contribution in [3.8, 4) is 0 Å². The van der Waals surface area contributed by atoms with E-state index in [9.17, 15) is 5.11 Å². The normalized spacial score (nSPS) is 12.4. The second kappa shape index (κ2) is 4.63. The summed E-state index contributed by atoms with van der Waals surface area (Å²) in [5.41, 5.74) is 3.09. The van der Waals surface area contributed by atoms with Gasteiger partial charge in [-0.2, -0.15) is 0 Å². The smallest absolute Gasteiger partial charge is 0.0767 e. The monoisotopic (exact) mass is 210 g/mol. The molecule has 1 atom stereocenters. The molecule has 0 bridgehead atoms. The van der Waals surface area contributed by atoms with Crippen molar-refractivity contribution in [2.45, 2.75) is 26.9 Å². The summed E-state index contributed by atoms with van der Waals surface area (Å²) in [7, 11) is 0. The lowest BCUT2D eigenvalue weighted by atomic mass is 10.0. The number of halogens is 1. The highest BCUT2D eigenvalue weighted by Gasteiger charge is 2.06. The van der Waals surface area contributed by atoms with Gasteiger partial charge in [0.05, 0.1) is 6.10 Å². The van der Waals surface area contributed by atoms with E-state index in [1.165, 1.54) is 5.57 Å². The average Bonchev–Trinajstić information content (AvgIpc) is 2.01. The quantitative estimate of drug-likeness (QED) is 0.787. The van der Waals surface area contributed by atoms with Crippen LogP contribution in [0.15, 0.2) is 23.8 Å². The molecule has 0 aliphatic heterocycles. The van der Waals surface area contributed by atoms with Crippen LogP contribution in [0.1, 0.15) is 38.0 Å². The molecule has 0 radical (unpaired) electrons. The predicted molar refractivity (Wildman–Crippen MR) is 61.4 cm³/mol. The van der Waals surface area contributed by atoms with Gasteiger partial charge in [0.2, 0.25) is 0 Å². The van der Waals surface area contributed by atoms with E-state index in [0.29, 0.717) is 5.02 Å². The lowest BCUT2D eigenvalue weighted by molar-refractivity contribution is 0.199. The Balaban J connectivity index is 3.23. The van der Waals surface area contributed by atoms with Crippen LogP contribution in [0.5, 0.6) is 0 Å². The molecule has 1 rings (SSSR count). The SMILES string of the molecule is CC(C)=Cc1cc(Cl)ccc1C(C)O. The van der Waals surface area contributed by atoms with E-state index in [1.54, 1.807) is 13.0 Å². The average molecular weight is 211 g/mol. The van der Waals surface area contributed by atoms with Gasteiger partial charge in [-0.25, -0.2) is 0 Å². The minimum atomic E-state index is -0.460. The molecule has 0 amide bonds. The molecule has 0 aromatic heterocycles. The van der Waals surface area contributed by atoms with Crippen molar-refractivity contribution in [2.75, 3.05) is 0 Å². The zero-order valence-electron chi connectivity index (χ0n) is 8.71. The molecule has 1 aromatic carbocycles. The first kappa shape index (κ1) is 11.3. The Kier molecular flexibility index (Phi) is 3.73. The fourth-order valence-electron chi connectivity index (χ4n) is 1.36. The predicted octanol–water partition coefficient (Wildman–Crippen LogP) is 3.82. The van der Waals surface area contributed by atoms with Crippen molar-refractivity contribution in [1.29, 1.82) is 0 Å². The fourth-order valence-corrected chi connectivity index (χ4v) is 1.54. The number of benzene rings is 1. The zero-order chi connectivity index (χ0) is 10.7. The van der Waals surface area contributed by atoms with Crippen molar-refractivity contribution < 1.29 is 5.11 Å². The number of aliphatic hydroxyl groups is 1. The molecule has 0 heterocycles. The van der Waals surface area contributed by atoms with E-state index in [0.717, 1.165) is 11.1 Å². The summed E-state index contributed by atoms with van der Waals surface area (Å²) >= 11 is 5.89. The Morgan fingerprint density at radius 2 is 2.07 bits per heavy atom. The van der Waals surface area contributed by atoms with E-state index in [2.05, 4.69) is 0 Å². The minimum absolute atomic E-state index is 0.460. The molecule has 0 saturated heterocycles. The molecule has 0 spiro atoms. The van der Waals surface area contributed by atoms with Crippen LogP contribution in [-0.4, -0.2) is 5.11 Å². The Labute approximate surface area is 90.0 Å². The Morgan fingerprint density at radius 1 is 1.43 bits per heavy atom. The second-order valence-corrected chi connectivity index (χ2v) is 4.11. The van der Waals surface area contributed by atoms with Gasteiger partial charge in [-0.05, 0) is 44.0 Å². The molecule has 76 valence electrons. The first-order chi connectivity index (χ1) is 6.50. The van der Waals surface area contributed by atoms with Gasteiger partial charge in [0.1, 0.15) is 0 Å². The highest BCUT2D eigenvalue weighted by molar-refractivity contribution is 6.30. The molecule has 14 heavy (non-hydrogen) atoms. The molecule has 0 aliphatic rings. The number of hydrogen-bond donors (Lipinski definition) is 1. The summed E-state index contributed by atoms with van der Waals surface area (Å²) in [6, 6.07) is 5.53. The summed E-state index contributed by atoms with van der Waals surface area (Å²) in [6.45, 7) is 5.80. The van der Waals surface area contributed by atoms with Crippen molar-refractivity contribution in [1.82, 2.24) is 0 Å². The van der Waals surface area contributed by atoms with E-state index in [4.69, 9.17) is 11.6 Å². The van der Waals surface area contributed by atoms with Gasteiger partial charge < -0.3 is 5.11 Å². The number of aliphatic hydroxyl groups excluding tert-OH is 1. The van der Waals surface area contributed by atoms with E-state index in [-0.39, 0.29) is 0 Å². The third-order valence-corrected chi connectivity index (χ3v) is 2.18. The number of rotatable bonds is 2. The maximum Gasteiger partial charge on any atom is 0.0767 e. The van der Waals surface area contributed by atoms with Gasteiger partial charge >= 0.3 is 0 Å². The summed E-state index contributed by atoms with van der Waals surface area (Å²) in [4.78, 5) is 0. The Hall–Kier alpha value is -0.790. The molecule has 0 fully saturated rings. The van der Waals surface area contributed by atoms with Crippen LogP contribution in [0.3, 0.4) is 0 Å². The highest BCUT2D eigenvalue weighted by Crippen LogP contribution is 2.23. The van der Waals surface area contributed by atoms with Crippen LogP contribution in [0.25, 0.3) is 6.08 Å². The van der Waals surface area contributed by atoms with Crippen molar-refractivity contribution in [2.24, 2.45) is 0 Å². The number of allylic oxidation sites excluding steroid dienone is 1. The van der Waals surface area contributed by atoms with Crippen LogP contribution in [0, 0.1) is 0 Å². The largest absolute Gasteiger partial charge is 0.389 e. The summed E-state index contributed by atoms with van der Waals surface area (Å²) in [5, 5.41) is 10.2. The topological polar surface area (TPSA) is 20.2 Å². The van der Waals surface area contributed by atoms with Gasteiger partial charge in [0.15, 0.2) is 0 Å². The molecular weight excluding hydrogens is 196 g/mol. The van der Waals surface area contributed by atoms with Crippen molar-refractivity contribution in [3.05, 3.63) is 39.9 Å². The molecule has 1 N–H and O–H groups in total. The van der Waals surface area contributed by atoms with Crippen LogP contribution >= 0.6 is 11.6 Å². The first-order valence-electron chi connectivity index (χ1n) is 4.63. The third kappa shape index (κ3) is 2.86. The van der Waals surface area contributed by atoms with Crippen LogP contribution in [0.4, 0.5) is 0 Å². The third-order valence-electron chi connectivity index (χ3n) is 1.94. The molecule has 1 aromatic rings. The van der Waals surface area contributed by atoms with Crippen molar-refractivity contribution >= 4 is 17.7 Å². The van der Waals surface area contributed by atoms with E-state index in [1.807, 2.05) is 32.1 Å². The van der Waals surface area contributed by atoms with E-state index >= 15 is 0 Å². The Bertz CT molecular complexity index is 349. The fraction of sp³-hybridized carbons (Fsp3) is 0.333. The summed E-state index contributed by atoms with van der Waals surface area (Å²) < 4.78 is 0. The van der Waals surface area contributed by atoms with Gasteiger partial charge in [0.25, 0.3) is 0 Å². The van der Waals surface area contributed by atoms with Gasteiger partial charge in [-0.3, -0.25) is 0 Å². The van der Waals surface area contributed by atoms with Gasteiger partial charge in [-0.15, -0.1) is 0 Å². The van der Waals surface area contributed by atoms with Gasteiger partial charge in [-0.1, -0.05) is 29.3 Å². The van der Waals surface area contributed by atoms with Crippen LogP contribution in [-0.2, 0) is 0 Å². The molecular formula is C12H15ClO. The molecule has 0 saturated carbocycles. The summed E-state index contributed by atoms with van der Waals surface area (Å²) in [6.07, 6.45) is 1.56. The molecule has 2 heteroatoms. The number of hydrogen-bond acceptors (Lipinski definition) is 1. The van der Waals surface area contributed by atoms with Crippen LogP contribution < -0.4 is 0 Å². The highest BCUT2D eigenvalue weighted by atomic mass is 35.5. The molecule has 1 unspecified atom stereocenters. The molecule has 1 nitrogen and oxygen atoms in total. The standard InChI is InChI=1S/C12H15ClO/c1-8(2)6-10-7-11(13)4-5-12(10)9(3)14/h4-7,9,14H,1-3H3. The maximum absolute atomic E-state index is 9.54. The molecule has 0 aliphatic carbocycles. The van der Waals surface area contributed by atoms with Gasteiger partial charge in [0, 0.05) is 5.02 Å². The first-order valence-corrected chi connectivity index (χ1v) is 5.01. The lowest BCUT2D eigenvalue weighted by Gasteiger charge is -2.09. The van der Waals surface area contributed by atoms with Crippen LogP contribution in [0.2, 0.25) is 5.02 Å². The van der Waals surface area contributed by atoms with E-state index < -0.39 is 6.10 Å². The Morgan fingerprint density at radius 3 is 2.57 bits per heavy atom.